The van der Waals surface area contributed by atoms with E-state index in [4.69, 9.17) is 0 Å². The van der Waals surface area contributed by atoms with Crippen LogP contribution in [0.15, 0.2) is 36.4 Å². The van der Waals surface area contributed by atoms with Crippen LogP contribution in [0, 0.1) is 5.41 Å². The minimum absolute atomic E-state index is 0.362. The van der Waals surface area contributed by atoms with Crippen molar-refractivity contribution in [1.82, 2.24) is 5.32 Å². The third kappa shape index (κ3) is 6.08. The fourth-order valence-corrected chi connectivity index (χ4v) is 1.29. The van der Waals surface area contributed by atoms with Gasteiger partial charge in [0.05, 0.1) is 0 Å². The third-order valence-electron chi connectivity index (χ3n) is 2.03. The normalized spacial score (nSPS) is 12.2. The Balaban J connectivity index is 2.24. The van der Waals surface area contributed by atoms with Gasteiger partial charge in [0, 0.05) is 13.1 Å². The molecule has 0 unspecified atom stereocenters. The minimum atomic E-state index is 0.362. The van der Waals surface area contributed by atoms with E-state index in [2.05, 4.69) is 62.5 Å². The van der Waals surface area contributed by atoms with E-state index >= 15 is 0 Å². The van der Waals surface area contributed by atoms with E-state index in [9.17, 15) is 0 Å². The maximum Gasteiger partial charge on any atom is 0.0138 e. The van der Waals surface area contributed by atoms with Crippen LogP contribution in [0.3, 0.4) is 0 Å². The van der Waals surface area contributed by atoms with Crippen molar-refractivity contribution in [3.63, 3.8) is 0 Å². The van der Waals surface area contributed by atoms with Gasteiger partial charge in [0.2, 0.25) is 0 Å². The summed E-state index contributed by atoms with van der Waals surface area (Å²) in [4.78, 5) is 0. The number of benzene rings is 1. The van der Waals surface area contributed by atoms with Gasteiger partial charge in [0.1, 0.15) is 0 Å². The molecule has 0 saturated heterocycles. The van der Waals surface area contributed by atoms with E-state index in [0.29, 0.717) is 5.41 Å². The molecule has 82 valence electrons. The van der Waals surface area contributed by atoms with Gasteiger partial charge in [0.15, 0.2) is 0 Å². The van der Waals surface area contributed by atoms with Crippen LogP contribution in [-0.2, 0) is 0 Å². The second-order valence-corrected chi connectivity index (χ2v) is 5.00. The summed E-state index contributed by atoms with van der Waals surface area (Å²) in [6, 6.07) is 10.4. The highest BCUT2D eigenvalue weighted by Crippen LogP contribution is 2.09. The molecule has 1 aromatic rings. The fraction of sp³-hybridized carbons (Fsp3) is 0.429. The molecule has 0 aliphatic rings. The molecule has 0 heterocycles. The van der Waals surface area contributed by atoms with Gasteiger partial charge in [-0.05, 0) is 11.0 Å². The van der Waals surface area contributed by atoms with Crippen molar-refractivity contribution in [3.8, 4) is 0 Å². The van der Waals surface area contributed by atoms with E-state index in [-0.39, 0.29) is 0 Å². The molecule has 0 amide bonds. The Morgan fingerprint density at radius 2 is 1.80 bits per heavy atom. The third-order valence-corrected chi connectivity index (χ3v) is 2.03. The lowest BCUT2D eigenvalue weighted by molar-refractivity contribution is 0.389. The highest BCUT2D eigenvalue weighted by molar-refractivity contribution is 5.48. The summed E-state index contributed by atoms with van der Waals surface area (Å²) in [5, 5.41) is 3.41. The molecule has 0 bridgehead atoms. The van der Waals surface area contributed by atoms with E-state index in [1.54, 1.807) is 0 Å². The first kappa shape index (κ1) is 12.0. The van der Waals surface area contributed by atoms with E-state index < -0.39 is 0 Å². The molecule has 0 aliphatic carbocycles. The van der Waals surface area contributed by atoms with Crippen molar-refractivity contribution >= 4 is 6.08 Å². The lowest BCUT2D eigenvalue weighted by atomic mass is 9.97. The van der Waals surface area contributed by atoms with Crippen molar-refractivity contribution in [3.05, 3.63) is 42.0 Å². The van der Waals surface area contributed by atoms with Gasteiger partial charge >= 0.3 is 0 Å². The van der Waals surface area contributed by atoms with Crippen LogP contribution in [0.4, 0.5) is 0 Å². The molecule has 1 heteroatoms. The van der Waals surface area contributed by atoms with E-state index in [1.165, 1.54) is 5.56 Å². The van der Waals surface area contributed by atoms with Crippen molar-refractivity contribution in [2.75, 3.05) is 13.1 Å². The fourth-order valence-electron chi connectivity index (χ4n) is 1.29. The average molecular weight is 203 g/mol. The number of hydrogen-bond acceptors (Lipinski definition) is 1. The standard InChI is InChI=1S/C14H21N/c1-14(2,3)12-15-11-7-10-13-8-5-4-6-9-13/h4-10,15H,11-12H2,1-3H3/b10-7+. The second-order valence-electron chi connectivity index (χ2n) is 5.00. The van der Waals surface area contributed by atoms with Crippen LogP contribution < -0.4 is 5.32 Å². The van der Waals surface area contributed by atoms with Crippen LogP contribution in [0.2, 0.25) is 0 Å². The predicted molar refractivity (Wildman–Crippen MR) is 67.8 cm³/mol. The second kappa shape index (κ2) is 5.72. The van der Waals surface area contributed by atoms with Gasteiger partial charge in [-0.1, -0.05) is 63.3 Å². The van der Waals surface area contributed by atoms with Crippen LogP contribution in [0.25, 0.3) is 6.08 Å². The zero-order chi connectivity index (χ0) is 11.1. The molecular formula is C14H21N. The Morgan fingerprint density at radius 1 is 1.13 bits per heavy atom. The molecule has 1 aromatic carbocycles. The number of rotatable bonds is 4. The van der Waals surface area contributed by atoms with Crippen molar-refractivity contribution in [2.24, 2.45) is 5.41 Å². The van der Waals surface area contributed by atoms with Crippen LogP contribution in [0.5, 0.6) is 0 Å². The molecular weight excluding hydrogens is 182 g/mol. The Morgan fingerprint density at radius 3 is 2.40 bits per heavy atom. The number of nitrogens with one attached hydrogen (secondary N) is 1. The molecule has 0 saturated carbocycles. The van der Waals surface area contributed by atoms with E-state index in [0.717, 1.165) is 13.1 Å². The van der Waals surface area contributed by atoms with Gasteiger partial charge in [-0.3, -0.25) is 0 Å². The average Bonchev–Trinajstić information content (AvgIpc) is 2.17. The summed E-state index contributed by atoms with van der Waals surface area (Å²) in [6.07, 6.45) is 4.32. The summed E-state index contributed by atoms with van der Waals surface area (Å²) >= 11 is 0. The molecule has 0 aliphatic heterocycles. The van der Waals surface area contributed by atoms with E-state index in [1.807, 2.05) is 6.07 Å². The first-order valence-electron chi connectivity index (χ1n) is 5.50. The Kier molecular flexibility index (Phi) is 4.57. The van der Waals surface area contributed by atoms with Crippen LogP contribution >= 0.6 is 0 Å². The molecule has 0 atom stereocenters. The molecule has 0 radical (unpaired) electrons. The van der Waals surface area contributed by atoms with Crippen molar-refractivity contribution < 1.29 is 0 Å². The highest BCUT2D eigenvalue weighted by Gasteiger charge is 2.07. The lowest BCUT2D eigenvalue weighted by Gasteiger charge is -2.17. The van der Waals surface area contributed by atoms with Gasteiger partial charge in [-0.15, -0.1) is 0 Å². The zero-order valence-electron chi connectivity index (χ0n) is 9.96. The first-order chi connectivity index (χ1) is 7.08. The molecule has 1 N–H and O–H groups in total. The van der Waals surface area contributed by atoms with Gasteiger partial charge in [-0.25, -0.2) is 0 Å². The molecule has 15 heavy (non-hydrogen) atoms. The summed E-state index contributed by atoms with van der Waals surface area (Å²) in [5.74, 6) is 0. The first-order valence-corrected chi connectivity index (χ1v) is 5.50. The van der Waals surface area contributed by atoms with Gasteiger partial charge in [0.25, 0.3) is 0 Å². The predicted octanol–water partition coefficient (Wildman–Crippen LogP) is 3.34. The minimum Gasteiger partial charge on any atom is -0.313 e. The molecule has 1 nitrogen and oxygen atoms in total. The molecule has 0 aromatic heterocycles. The van der Waals surface area contributed by atoms with Gasteiger partial charge < -0.3 is 5.32 Å². The largest absolute Gasteiger partial charge is 0.313 e. The monoisotopic (exact) mass is 203 g/mol. The quantitative estimate of drug-likeness (QED) is 0.740. The van der Waals surface area contributed by atoms with Gasteiger partial charge in [-0.2, -0.15) is 0 Å². The molecule has 0 spiro atoms. The SMILES string of the molecule is CC(C)(C)CNC/C=C/c1ccccc1. The molecule has 0 fully saturated rings. The molecule has 1 rings (SSSR count). The Hall–Kier alpha value is -1.08. The Labute approximate surface area is 93.2 Å². The lowest BCUT2D eigenvalue weighted by Crippen LogP contribution is -2.26. The number of hydrogen-bond donors (Lipinski definition) is 1. The maximum absolute atomic E-state index is 3.41. The van der Waals surface area contributed by atoms with Crippen molar-refractivity contribution in [1.29, 1.82) is 0 Å². The summed E-state index contributed by atoms with van der Waals surface area (Å²) < 4.78 is 0. The summed E-state index contributed by atoms with van der Waals surface area (Å²) in [7, 11) is 0. The van der Waals surface area contributed by atoms with Crippen molar-refractivity contribution in [2.45, 2.75) is 20.8 Å². The zero-order valence-corrected chi connectivity index (χ0v) is 9.96. The Bertz CT molecular complexity index is 293. The highest BCUT2D eigenvalue weighted by atomic mass is 14.9. The smallest absolute Gasteiger partial charge is 0.0138 e. The summed E-state index contributed by atoms with van der Waals surface area (Å²) in [6.45, 7) is 8.70. The topological polar surface area (TPSA) is 12.0 Å². The van der Waals surface area contributed by atoms with Crippen LogP contribution in [0.1, 0.15) is 26.3 Å². The summed E-state index contributed by atoms with van der Waals surface area (Å²) in [5.41, 5.74) is 1.62. The van der Waals surface area contributed by atoms with Crippen LogP contribution in [-0.4, -0.2) is 13.1 Å². The maximum atomic E-state index is 3.41.